The zero-order chi connectivity index (χ0) is 20.7. The van der Waals surface area contributed by atoms with E-state index in [0.717, 1.165) is 5.56 Å². The van der Waals surface area contributed by atoms with Gasteiger partial charge in [-0.1, -0.05) is 39.0 Å². The van der Waals surface area contributed by atoms with Gasteiger partial charge in [-0.2, -0.15) is 0 Å². The summed E-state index contributed by atoms with van der Waals surface area (Å²) in [6, 6.07) is 13.5. The summed E-state index contributed by atoms with van der Waals surface area (Å²) in [5.41, 5.74) is 2.24. The number of rotatable bonds is 8. The first kappa shape index (κ1) is 21.6. The molecule has 0 saturated carbocycles. The molecule has 152 valence electrons. The molecule has 0 aliphatic carbocycles. The number of ether oxygens (including phenoxy) is 3. The topological polar surface area (TPSA) is 56.8 Å². The zero-order valence-corrected chi connectivity index (χ0v) is 17.7. The maximum Gasteiger partial charge on any atom is 0.258 e. The van der Waals surface area contributed by atoms with Gasteiger partial charge in [0.25, 0.3) is 5.91 Å². The van der Waals surface area contributed by atoms with Gasteiger partial charge in [-0.05, 0) is 54.7 Å². The summed E-state index contributed by atoms with van der Waals surface area (Å²) in [6.45, 7) is 10.8. The quantitative estimate of drug-likeness (QED) is 0.728. The maximum atomic E-state index is 12.1. The van der Waals surface area contributed by atoms with E-state index in [1.807, 2.05) is 56.3 Å². The SMILES string of the molecule is COc1cc(CNC(=O)COc2ccc(C(C)(C)C)cc2)ccc1OC(C)C. The van der Waals surface area contributed by atoms with Crippen LogP contribution in [0.25, 0.3) is 0 Å². The van der Waals surface area contributed by atoms with Crippen LogP contribution in [-0.4, -0.2) is 25.7 Å². The highest BCUT2D eigenvalue weighted by Gasteiger charge is 2.13. The van der Waals surface area contributed by atoms with Crippen molar-refractivity contribution in [3.8, 4) is 17.2 Å². The molecule has 0 spiro atoms. The van der Waals surface area contributed by atoms with Crippen LogP contribution in [0.2, 0.25) is 0 Å². The van der Waals surface area contributed by atoms with E-state index in [-0.39, 0.29) is 24.0 Å². The lowest BCUT2D eigenvalue weighted by Crippen LogP contribution is -2.28. The lowest BCUT2D eigenvalue weighted by molar-refractivity contribution is -0.123. The highest BCUT2D eigenvalue weighted by molar-refractivity contribution is 5.77. The summed E-state index contributed by atoms with van der Waals surface area (Å²) in [7, 11) is 1.60. The Morgan fingerprint density at radius 2 is 1.71 bits per heavy atom. The Balaban J connectivity index is 1.85. The molecule has 28 heavy (non-hydrogen) atoms. The van der Waals surface area contributed by atoms with Crippen molar-refractivity contribution in [2.75, 3.05) is 13.7 Å². The van der Waals surface area contributed by atoms with Crippen LogP contribution in [0.1, 0.15) is 45.7 Å². The number of hydrogen-bond donors (Lipinski definition) is 1. The second kappa shape index (κ2) is 9.49. The summed E-state index contributed by atoms with van der Waals surface area (Å²) in [5, 5.41) is 2.86. The van der Waals surface area contributed by atoms with Gasteiger partial charge in [0.15, 0.2) is 18.1 Å². The van der Waals surface area contributed by atoms with E-state index in [9.17, 15) is 4.79 Å². The monoisotopic (exact) mass is 385 g/mol. The van der Waals surface area contributed by atoms with Crippen molar-refractivity contribution in [2.24, 2.45) is 0 Å². The largest absolute Gasteiger partial charge is 0.493 e. The van der Waals surface area contributed by atoms with Gasteiger partial charge >= 0.3 is 0 Å². The molecule has 0 fully saturated rings. The number of carbonyl (C=O) groups is 1. The smallest absolute Gasteiger partial charge is 0.258 e. The third-order valence-corrected chi connectivity index (χ3v) is 4.17. The minimum atomic E-state index is -0.179. The van der Waals surface area contributed by atoms with E-state index in [1.54, 1.807) is 7.11 Å². The number of hydrogen-bond acceptors (Lipinski definition) is 4. The van der Waals surface area contributed by atoms with Crippen molar-refractivity contribution in [1.82, 2.24) is 5.32 Å². The van der Waals surface area contributed by atoms with Gasteiger partial charge in [0.2, 0.25) is 0 Å². The minimum absolute atomic E-state index is 0.0272. The van der Waals surface area contributed by atoms with Crippen molar-refractivity contribution in [2.45, 2.75) is 52.7 Å². The van der Waals surface area contributed by atoms with Crippen molar-refractivity contribution in [3.63, 3.8) is 0 Å². The van der Waals surface area contributed by atoms with E-state index in [1.165, 1.54) is 5.56 Å². The number of benzene rings is 2. The van der Waals surface area contributed by atoms with Gasteiger partial charge in [-0.3, -0.25) is 4.79 Å². The summed E-state index contributed by atoms with van der Waals surface area (Å²) >= 11 is 0. The first-order valence-corrected chi connectivity index (χ1v) is 9.52. The predicted molar refractivity (Wildman–Crippen MR) is 111 cm³/mol. The van der Waals surface area contributed by atoms with E-state index in [2.05, 4.69) is 26.1 Å². The molecule has 0 saturated heterocycles. The van der Waals surface area contributed by atoms with Gasteiger partial charge in [0, 0.05) is 6.54 Å². The molecule has 0 bridgehead atoms. The van der Waals surface area contributed by atoms with Gasteiger partial charge in [0.1, 0.15) is 5.75 Å². The average Bonchev–Trinajstić information content (AvgIpc) is 2.64. The summed E-state index contributed by atoms with van der Waals surface area (Å²) < 4.78 is 16.6. The summed E-state index contributed by atoms with van der Waals surface area (Å²) in [4.78, 5) is 12.1. The van der Waals surface area contributed by atoms with Gasteiger partial charge in [-0.25, -0.2) is 0 Å². The van der Waals surface area contributed by atoms with Crippen molar-refractivity contribution < 1.29 is 19.0 Å². The van der Waals surface area contributed by atoms with Crippen LogP contribution in [0.5, 0.6) is 17.2 Å². The number of carbonyl (C=O) groups excluding carboxylic acids is 1. The fourth-order valence-corrected chi connectivity index (χ4v) is 2.62. The Morgan fingerprint density at radius 1 is 1.04 bits per heavy atom. The predicted octanol–water partition coefficient (Wildman–Crippen LogP) is 4.48. The van der Waals surface area contributed by atoms with Crippen LogP contribution in [0, 0.1) is 0 Å². The molecule has 0 aliphatic rings. The molecule has 0 radical (unpaired) electrons. The number of methoxy groups -OCH3 is 1. The second-order valence-corrected chi connectivity index (χ2v) is 7.99. The molecule has 1 amide bonds. The lowest BCUT2D eigenvalue weighted by Gasteiger charge is -2.19. The fourth-order valence-electron chi connectivity index (χ4n) is 2.62. The van der Waals surface area contributed by atoms with Crippen molar-refractivity contribution >= 4 is 5.91 Å². The highest BCUT2D eigenvalue weighted by atomic mass is 16.5. The highest BCUT2D eigenvalue weighted by Crippen LogP contribution is 2.29. The molecule has 5 heteroatoms. The van der Waals surface area contributed by atoms with Crippen LogP contribution < -0.4 is 19.5 Å². The molecule has 2 rings (SSSR count). The van der Waals surface area contributed by atoms with Gasteiger partial charge in [-0.15, -0.1) is 0 Å². The Bertz CT molecular complexity index is 776. The minimum Gasteiger partial charge on any atom is -0.493 e. The Kier molecular flexibility index (Phi) is 7.32. The van der Waals surface area contributed by atoms with Crippen molar-refractivity contribution in [1.29, 1.82) is 0 Å². The van der Waals surface area contributed by atoms with Crippen molar-refractivity contribution in [3.05, 3.63) is 53.6 Å². The summed E-state index contributed by atoms with van der Waals surface area (Å²) in [6.07, 6.45) is 0.0639. The molecule has 2 aromatic rings. The molecule has 5 nitrogen and oxygen atoms in total. The molecular weight excluding hydrogens is 354 g/mol. The Labute approximate surface area is 168 Å². The molecule has 0 unspecified atom stereocenters. The van der Waals surface area contributed by atoms with Gasteiger partial charge < -0.3 is 19.5 Å². The molecule has 0 atom stereocenters. The second-order valence-electron chi connectivity index (χ2n) is 7.99. The molecule has 1 N–H and O–H groups in total. The maximum absolute atomic E-state index is 12.1. The lowest BCUT2D eigenvalue weighted by atomic mass is 9.87. The first-order chi connectivity index (χ1) is 13.2. The third kappa shape index (κ3) is 6.48. The Hall–Kier alpha value is -2.69. The van der Waals surface area contributed by atoms with E-state index in [4.69, 9.17) is 14.2 Å². The summed E-state index contributed by atoms with van der Waals surface area (Å²) in [5.74, 6) is 1.84. The van der Waals surface area contributed by atoms with E-state index < -0.39 is 0 Å². The standard InChI is InChI=1S/C23H31NO4/c1-16(2)28-20-12-7-17(13-21(20)26-6)14-24-22(25)15-27-19-10-8-18(9-11-19)23(3,4)5/h7-13,16H,14-15H2,1-6H3,(H,24,25). The zero-order valence-electron chi connectivity index (χ0n) is 17.7. The number of nitrogens with one attached hydrogen (secondary N) is 1. The molecule has 0 aliphatic heterocycles. The van der Waals surface area contributed by atoms with Crippen LogP contribution >= 0.6 is 0 Å². The normalized spacial score (nSPS) is 11.2. The Morgan fingerprint density at radius 3 is 2.29 bits per heavy atom. The molecule has 0 aromatic heterocycles. The van der Waals surface area contributed by atoms with Crippen LogP contribution in [0.4, 0.5) is 0 Å². The first-order valence-electron chi connectivity index (χ1n) is 9.52. The van der Waals surface area contributed by atoms with E-state index in [0.29, 0.717) is 23.8 Å². The van der Waals surface area contributed by atoms with E-state index >= 15 is 0 Å². The van der Waals surface area contributed by atoms with Crippen LogP contribution in [-0.2, 0) is 16.8 Å². The van der Waals surface area contributed by atoms with Crippen LogP contribution in [0.3, 0.4) is 0 Å². The molecular formula is C23H31NO4. The fraction of sp³-hybridized carbons (Fsp3) is 0.435. The molecule has 0 heterocycles. The average molecular weight is 386 g/mol. The van der Waals surface area contributed by atoms with Gasteiger partial charge in [0.05, 0.1) is 13.2 Å². The number of amides is 1. The molecule has 2 aromatic carbocycles. The third-order valence-electron chi connectivity index (χ3n) is 4.17. The van der Waals surface area contributed by atoms with Crippen LogP contribution in [0.15, 0.2) is 42.5 Å².